The minimum Gasteiger partial charge on any atom is -0.496 e. The van der Waals surface area contributed by atoms with E-state index in [2.05, 4.69) is 27.3 Å². The Kier molecular flexibility index (Phi) is 3.90. The highest BCUT2D eigenvalue weighted by Crippen LogP contribution is 2.32. The average molecular weight is 303 g/mol. The van der Waals surface area contributed by atoms with Gasteiger partial charge in [-0.3, -0.25) is 0 Å². The fourth-order valence-corrected chi connectivity index (χ4v) is 2.43. The standard InChI is InChI=1S/C12H13BrClNO/c1-15-12(11-3-2-6-16-11)9-7-8(13)4-5-10(9)14/h3-5,7,12,15H,2,6H2,1H3. The quantitative estimate of drug-likeness (QED) is 0.920. The Balaban J connectivity index is 2.35. The Bertz CT molecular complexity index is 419. The van der Waals surface area contributed by atoms with Crippen LogP contribution in [0, 0.1) is 0 Å². The molecule has 0 saturated carbocycles. The van der Waals surface area contributed by atoms with Crippen molar-refractivity contribution in [3.05, 3.63) is 45.1 Å². The number of nitrogens with one attached hydrogen (secondary N) is 1. The molecule has 1 heterocycles. The fraction of sp³-hybridized carbons (Fsp3) is 0.333. The number of benzene rings is 1. The Morgan fingerprint density at radius 2 is 2.31 bits per heavy atom. The molecular weight excluding hydrogens is 289 g/mol. The van der Waals surface area contributed by atoms with Gasteiger partial charge < -0.3 is 10.1 Å². The van der Waals surface area contributed by atoms with Gasteiger partial charge in [0.15, 0.2) is 0 Å². The first kappa shape index (κ1) is 12.0. The Labute approximate surface area is 109 Å². The number of halogens is 2. The summed E-state index contributed by atoms with van der Waals surface area (Å²) in [6, 6.07) is 5.88. The molecule has 0 amide bonds. The highest BCUT2D eigenvalue weighted by molar-refractivity contribution is 9.10. The first-order chi connectivity index (χ1) is 7.72. The van der Waals surface area contributed by atoms with E-state index in [0.29, 0.717) is 0 Å². The highest BCUT2D eigenvalue weighted by atomic mass is 79.9. The number of rotatable bonds is 3. The smallest absolute Gasteiger partial charge is 0.114 e. The van der Waals surface area contributed by atoms with Crippen LogP contribution in [-0.2, 0) is 4.74 Å². The first-order valence-corrected chi connectivity index (χ1v) is 6.34. The van der Waals surface area contributed by atoms with Crippen molar-refractivity contribution in [2.75, 3.05) is 13.7 Å². The molecule has 0 spiro atoms. The van der Waals surface area contributed by atoms with Gasteiger partial charge in [0.05, 0.1) is 12.6 Å². The van der Waals surface area contributed by atoms with Gasteiger partial charge in [-0.05, 0) is 36.9 Å². The molecule has 1 atom stereocenters. The monoisotopic (exact) mass is 301 g/mol. The van der Waals surface area contributed by atoms with Gasteiger partial charge in [-0.1, -0.05) is 27.5 Å². The molecule has 4 heteroatoms. The van der Waals surface area contributed by atoms with Crippen molar-refractivity contribution in [1.82, 2.24) is 5.32 Å². The molecule has 0 aliphatic carbocycles. The second-order valence-corrected chi connectivity index (χ2v) is 4.95. The Morgan fingerprint density at radius 1 is 1.50 bits per heavy atom. The molecule has 0 aromatic heterocycles. The third-order valence-corrected chi connectivity index (χ3v) is 3.41. The maximum Gasteiger partial charge on any atom is 0.114 e. The number of hydrogen-bond acceptors (Lipinski definition) is 2. The molecule has 1 aliphatic rings. The van der Waals surface area contributed by atoms with Gasteiger partial charge in [0, 0.05) is 15.9 Å². The minimum atomic E-state index is 0.0347. The minimum absolute atomic E-state index is 0.0347. The number of ether oxygens (including phenoxy) is 1. The van der Waals surface area contributed by atoms with Crippen LogP contribution in [0.15, 0.2) is 34.5 Å². The van der Waals surface area contributed by atoms with Crippen LogP contribution in [0.1, 0.15) is 18.0 Å². The molecule has 16 heavy (non-hydrogen) atoms. The van der Waals surface area contributed by atoms with Gasteiger partial charge in [0.25, 0.3) is 0 Å². The summed E-state index contributed by atoms with van der Waals surface area (Å²) in [5.41, 5.74) is 1.03. The molecule has 0 bridgehead atoms. The molecule has 86 valence electrons. The van der Waals surface area contributed by atoms with Crippen molar-refractivity contribution in [2.45, 2.75) is 12.5 Å². The van der Waals surface area contributed by atoms with E-state index in [9.17, 15) is 0 Å². The van der Waals surface area contributed by atoms with E-state index < -0.39 is 0 Å². The molecule has 1 aromatic rings. The summed E-state index contributed by atoms with van der Waals surface area (Å²) in [5.74, 6) is 0.961. The van der Waals surface area contributed by atoms with E-state index in [1.165, 1.54) is 0 Å². The molecule has 0 saturated heterocycles. The zero-order chi connectivity index (χ0) is 11.5. The lowest BCUT2D eigenvalue weighted by Gasteiger charge is -2.19. The van der Waals surface area contributed by atoms with Crippen LogP contribution in [0.4, 0.5) is 0 Å². The maximum absolute atomic E-state index is 6.20. The zero-order valence-electron chi connectivity index (χ0n) is 8.97. The van der Waals surface area contributed by atoms with E-state index in [1.54, 1.807) is 0 Å². The van der Waals surface area contributed by atoms with Crippen LogP contribution in [0.2, 0.25) is 5.02 Å². The van der Waals surface area contributed by atoms with E-state index in [1.807, 2.05) is 25.2 Å². The molecule has 1 aromatic carbocycles. The lowest BCUT2D eigenvalue weighted by atomic mass is 10.1. The van der Waals surface area contributed by atoms with Crippen LogP contribution in [-0.4, -0.2) is 13.7 Å². The summed E-state index contributed by atoms with van der Waals surface area (Å²) < 4.78 is 6.60. The lowest BCUT2D eigenvalue weighted by Crippen LogP contribution is -2.19. The van der Waals surface area contributed by atoms with Gasteiger partial charge in [0.2, 0.25) is 0 Å². The van der Waals surface area contributed by atoms with E-state index in [4.69, 9.17) is 16.3 Å². The number of likely N-dealkylation sites (N-methyl/N-ethyl adjacent to an activating group) is 1. The highest BCUT2D eigenvalue weighted by Gasteiger charge is 2.21. The lowest BCUT2D eigenvalue weighted by molar-refractivity contribution is 0.218. The van der Waals surface area contributed by atoms with Crippen molar-refractivity contribution < 1.29 is 4.74 Å². The summed E-state index contributed by atoms with van der Waals surface area (Å²) in [6.45, 7) is 0.763. The SMILES string of the molecule is CNC(C1=CCCO1)c1cc(Br)ccc1Cl. The first-order valence-electron chi connectivity index (χ1n) is 5.17. The summed E-state index contributed by atoms with van der Waals surface area (Å²) in [4.78, 5) is 0. The van der Waals surface area contributed by atoms with Gasteiger partial charge in [-0.25, -0.2) is 0 Å². The second kappa shape index (κ2) is 5.21. The fourth-order valence-electron chi connectivity index (χ4n) is 1.82. The normalized spacial score (nSPS) is 16.8. The second-order valence-electron chi connectivity index (χ2n) is 3.63. The predicted octanol–water partition coefficient (Wildman–Crippen LogP) is 3.67. The molecule has 0 radical (unpaired) electrons. The number of hydrogen-bond donors (Lipinski definition) is 1. The van der Waals surface area contributed by atoms with Crippen molar-refractivity contribution in [2.24, 2.45) is 0 Å². The Morgan fingerprint density at radius 3 is 2.94 bits per heavy atom. The van der Waals surface area contributed by atoms with Crippen molar-refractivity contribution in [3.8, 4) is 0 Å². The van der Waals surface area contributed by atoms with Crippen LogP contribution >= 0.6 is 27.5 Å². The summed E-state index contributed by atoms with van der Waals surface area (Å²) in [6.07, 6.45) is 3.08. The van der Waals surface area contributed by atoms with Crippen LogP contribution in [0.5, 0.6) is 0 Å². The largest absolute Gasteiger partial charge is 0.496 e. The van der Waals surface area contributed by atoms with Gasteiger partial charge in [-0.2, -0.15) is 0 Å². The third-order valence-electron chi connectivity index (χ3n) is 2.57. The topological polar surface area (TPSA) is 21.3 Å². The van der Waals surface area contributed by atoms with Gasteiger partial charge in [-0.15, -0.1) is 0 Å². The molecule has 2 rings (SSSR count). The van der Waals surface area contributed by atoms with E-state index in [-0.39, 0.29) is 6.04 Å². The van der Waals surface area contributed by atoms with Crippen molar-refractivity contribution in [3.63, 3.8) is 0 Å². The molecule has 1 N–H and O–H groups in total. The summed E-state index contributed by atoms with van der Waals surface area (Å²) in [7, 11) is 1.91. The van der Waals surface area contributed by atoms with Crippen LogP contribution in [0.3, 0.4) is 0 Å². The van der Waals surface area contributed by atoms with Gasteiger partial charge >= 0.3 is 0 Å². The van der Waals surface area contributed by atoms with E-state index in [0.717, 1.165) is 33.8 Å². The van der Waals surface area contributed by atoms with Crippen molar-refractivity contribution in [1.29, 1.82) is 0 Å². The Hall–Kier alpha value is -0.510. The molecule has 2 nitrogen and oxygen atoms in total. The molecule has 0 fully saturated rings. The summed E-state index contributed by atoms with van der Waals surface area (Å²) >= 11 is 9.66. The summed E-state index contributed by atoms with van der Waals surface area (Å²) in [5, 5.41) is 3.98. The van der Waals surface area contributed by atoms with Gasteiger partial charge in [0.1, 0.15) is 5.76 Å². The molecule has 1 aliphatic heterocycles. The molecular formula is C12H13BrClNO. The van der Waals surface area contributed by atoms with Crippen molar-refractivity contribution >= 4 is 27.5 Å². The maximum atomic E-state index is 6.20. The van der Waals surface area contributed by atoms with Crippen LogP contribution < -0.4 is 5.32 Å². The average Bonchev–Trinajstić information content (AvgIpc) is 2.78. The molecule has 1 unspecified atom stereocenters. The zero-order valence-corrected chi connectivity index (χ0v) is 11.3. The van der Waals surface area contributed by atoms with E-state index >= 15 is 0 Å². The third kappa shape index (κ3) is 2.42. The van der Waals surface area contributed by atoms with Crippen LogP contribution in [0.25, 0.3) is 0 Å². The predicted molar refractivity (Wildman–Crippen MR) is 69.6 cm³/mol.